The van der Waals surface area contributed by atoms with Crippen molar-refractivity contribution in [3.05, 3.63) is 35.4 Å². The van der Waals surface area contributed by atoms with Gasteiger partial charge in [-0.15, -0.1) is 0 Å². The lowest BCUT2D eigenvalue weighted by atomic mass is 10.1. The van der Waals surface area contributed by atoms with Gasteiger partial charge in [-0.3, -0.25) is 4.79 Å². The van der Waals surface area contributed by atoms with Gasteiger partial charge in [0.1, 0.15) is 11.6 Å². The van der Waals surface area contributed by atoms with Gasteiger partial charge in [-0.1, -0.05) is 0 Å². The molecule has 15 heavy (non-hydrogen) atoms. The summed E-state index contributed by atoms with van der Waals surface area (Å²) in [6.07, 6.45) is 0. The van der Waals surface area contributed by atoms with E-state index in [1.54, 1.807) is 6.92 Å². The molecule has 2 N–H and O–H groups in total. The highest BCUT2D eigenvalue weighted by Gasteiger charge is 2.09. The highest BCUT2D eigenvalue weighted by Crippen LogP contribution is 2.15. The Morgan fingerprint density at radius 3 is 2.40 bits per heavy atom. The molecule has 0 bridgehead atoms. The van der Waals surface area contributed by atoms with E-state index < -0.39 is 23.6 Å². The third-order valence-corrected chi connectivity index (χ3v) is 1.94. The third-order valence-electron chi connectivity index (χ3n) is 1.94. The number of carboxylic acids is 1. The fourth-order valence-electron chi connectivity index (χ4n) is 1.18. The second-order valence-corrected chi connectivity index (χ2v) is 3.20. The molecule has 0 radical (unpaired) electrons. The lowest BCUT2D eigenvalue weighted by molar-refractivity contribution is -0.136. The summed E-state index contributed by atoms with van der Waals surface area (Å²) in [5, 5.41) is 11.0. The van der Waals surface area contributed by atoms with E-state index in [0.717, 1.165) is 6.07 Å². The van der Waals surface area contributed by atoms with Crippen molar-refractivity contribution < 1.29 is 18.7 Å². The number of benzene rings is 1. The normalized spacial score (nSPS) is 12.5. The summed E-state index contributed by atoms with van der Waals surface area (Å²) in [5.41, 5.74) is 0.383. The molecule has 0 aliphatic carbocycles. The summed E-state index contributed by atoms with van der Waals surface area (Å²) in [6.45, 7) is 1.39. The van der Waals surface area contributed by atoms with Crippen LogP contribution in [0.4, 0.5) is 8.78 Å². The van der Waals surface area contributed by atoms with Crippen molar-refractivity contribution in [3.8, 4) is 0 Å². The van der Waals surface area contributed by atoms with Crippen LogP contribution < -0.4 is 5.32 Å². The molecule has 1 unspecified atom stereocenters. The summed E-state index contributed by atoms with van der Waals surface area (Å²) in [7, 11) is 0. The van der Waals surface area contributed by atoms with E-state index in [1.807, 2.05) is 0 Å². The van der Waals surface area contributed by atoms with Crippen molar-refractivity contribution in [2.24, 2.45) is 0 Å². The molecule has 0 saturated carbocycles. The minimum atomic E-state index is -1.02. The van der Waals surface area contributed by atoms with E-state index in [-0.39, 0.29) is 6.54 Å². The fraction of sp³-hybridized carbons (Fsp3) is 0.300. The number of carboxylic acid groups (broad SMARTS) is 1. The number of halogens is 2. The highest BCUT2D eigenvalue weighted by molar-refractivity contribution is 5.69. The van der Waals surface area contributed by atoms with Crippen LogP contribution in [-0.4, -0.2) is 17.6 Å². The van der Waals surface area contributed by atoms with E-state index in [4.69, 9.17) is 5.11 Å². The second-order valence-electron chi connectivity index (χ2n) is 3.20. The van der Waals surface area contributed by atoms with Crippen LogP contribution in [0.2, 0.25) is 0 Å². The standard InChI is InChI=1S/C10H11F2NO2/c1-6(13-5-10(14)15)7-2-8(11)4-9(12)3-7/h2-4,6,13H,5H2,1H3,(H,14,15). The fourth-order valence-corrected chi connectivity index (χ4v) is 1.18. The molecule has 0 aliphatic rings. The van der Waals surface area contributed by atoms with Crippen molar-refractivity contribution >= 4 is 5.97 Å². The SMILES string of the molecule is CC(NCC(=O)O)c1cc(F)cc(F)c1. The Hall–Kier alpha value is -1.49. The number of hydrogen-bond acceptors (Lipinski definition) is 2. The molecule has 0 spiro atoms. The monoisotopic (exact) mass is 215 g/mol. The van der Waals surface area contributed by atoms with E-state index in [9.17, 15) is 13.6 Å². The van der Waals surface area contributed by atoms with Gasteiger partial charge >= 0.3 is 5.97 Å². The number of carbonyl (C=O) groups is 1. The maximum atomic E-state index is 12.8. The molecule has 1 aromatic carbocycles. The largest absolute Gasteiger partial charge is 0.480 e. The first-order valence-electron chi connectivity index (χ1n) is 4.40. The molecular formula is C10H11F2NO2. The summed E-state index contributed by atoms with van der Waals surface area (Å²) in [4.78, 5) is 10.3. The Bertz CT molecular complexity index is 348. The summed E-state index contributed by atoms with van der Waals surface area (Å²) in [6, 6.07) is 2.70. The topological polar surface area (TPSA) is 49.3 Å². The van der Waals surface area contributed by atoms with Crippen LogP contribution in [0.25, 0.3) is 0 Å². The van der Waals surface area contributed by atoms with Gasteiger partial charge < -0.3 is 10.4 Å². The van der Waals surface area contributed by atoms with Crippen molar-refractivity contribution in [1.82, 2.24) is 5.32 Å². The molecule has 0 aromatic heterocycles. The number of aliphatic carboxylic acids is 1. The summed E-state index contributed by atoms with van der Waals surface area (Å²) in [5.74, 6) is -2.36. The van der Waals surface area contributed by atoms with Gasteiger partial charge in [-0.05, 0) is 24.6 Å². The smallest absolute Gasteiger partial charge is 0.317 e. The average molecular weight is 215 g/mol. The predicted octanol–water partition coefficient (Wildman–Crippen LogP) is 1.70. The van der Waals surface area contributed by atoms with Gasteiger partial charge in [0.25, 0.3) is 0 Å². The zero-order chi connectivity index (χ0) is 11.4. The molecule has 1 rings (SSSR count). The zero-order valence-electron chi connectivity index (χ0n) is 8.13. The average Bonchev–Trinajstić information content (AvgIpc) is 2.12. The molecule has 3 nitrogen and oxygen atoms in total. The number of hydrogen-bond donors (Lipinski definition) is 2. The summed E-state index contributed by atoms with van der Waals surface area (Å²) < 4.78 is 25.6. The number of nitrogens with one attached hydrogen (secondary N) is 1. The maximum Gasteiger partial charge on any atom is 0.317 e. The Labute approximate surface area is 85.7 Å². The molecular weight excluding hydrogens is 204 g/mol. The molecule has 1 atom stereocenters. The molecule has 1 aromatic rings. The molecule has 0 fully saturated rings. The zero-order valence-corrected chi connectivity index (χ0v) is 8.13. The van der Waals surface area contributed by atoms with Crippen molar-refractivity contribution in [2.45, 2.75) is 13.0 Å². The minimum absolute atomic E-state index is 0.251. The van der Waals surface area contributed by atoms with Gasteiger partial charge in [-0.25, -0.2) is 8.78 Å². The van der Waals surface area contributed by atoms with E-state index in [0.29, 0.717) is 5.56 Å². The van der Waals surface area contributed by atoms with Gasteiger partial charge in [0.15, 0.2) is 0 Å². The van der Waals surface area contributed by atoms with Gasteiger partial charge in [-0.2, -0.15) is 0 Å². The Morgan fingerprint density at radius 1 is 1.40 bits per heavy atom. The minimum Gasteiger partial charge on any atom is -0.480 e. The first-order chi connectivity index (χ1) is 6.99. The Balaban J connectivity index is 2.72. The van der Waals surface area contributed by atoms with Crippen LogP contribution in [0.1, 0.15) is 18.5 Å². The van der Waals surface area contributed by atoms with Crippen LogP contribution in [-0.2, 0) is 4.79 Å². The molecule has 0 aliphatic heterocycles. The van der Waals surface area contributed by atoms with E-state index in [2.05, 4.69) is 5.32 Å². The second kappa shape index (κ2) is 4.84. The van der Waals surface area contributed by atoms with Crippen LogP contribution in [0.3, 0.4) is 0 Å². The van der Waals surface area contributed by atoms with Crippen LogP contribution in [0.15, 0.2) is 18.2 Å². The third kappa shape index (κ3) is 3.63. The Morgan fingerprint density at radius 2 is 1.93 bits per heavy atom. The first-order valence-corrected chi connectivity index (χ1v) is 4.40. The number of rotatable bonds is 4. The maximum absolute atomic E-state index is 12.8. The summed E-state index contributed by atoms with van der Waals surface area (Å²) >= 11 is 0. The van der Waals surface area contributed by atoms with Crippen molar-refractivity contribution in [2.75, 3.05) is 6.54 Å². The molecule has 0 heterocycles. The molecule has 5 heteroatoms. The first kappa shape index (κ1) is 11.6. The van der Waals surface area contributed by atoms with E-state index >= 15 is 0 Å². The van der Waals surface area contributed by atoms with Crippen LogP contribution >= 0.6 is 0 Å². The van der Waals surface area contributed by atoms with Crippen molar-refractivity contribution in [1.29, 1.82) is 0 Å². The lowest BCUT2D eigenvalue weighted by Gasteiger charge is -2.12. The predicted molar refractivity (Wildman–Crippen MR) is 50.4 cm³/mol. The quantitative estimate of drug-likeness (QED) is 0.803. The molecule has 0 saturated heterocycles. The van der Waals surface area contributed by atoms with Crippen LogP contribution in [0, 0.1) is 11.6 Å². The lowest BCUT2D eigenvalue weighted by Crippen LogP contribution is -2.25. The highest BCUT2D eigenvalue weighted by atomic mass is 19.1. The van der Waals surface area contributed by atoms with Gasteiger partial charge in [0.05, 0.1) is 6.54 Å². The van der Waals surface area contributed by atoms with Crippen molar-refractivity contribution in [3.63, 3.8) is 0 Å². The van der Waals surface area contributed by atoms with Gasteiger partial charge in [0.2, 0.25) is 0 Å². The van der Waals surface area contributed by atoms with Crippen LogP contribution in [0.5, 0.6) is 0 Å². The van der Waals surface area contributed by atoms with Gasteiger partial charge in [0, 0.05) is 12.1 Å². The Kier molecular flexibility index (Phi) is 3.74. The molecule has 82 valence electrons. The molecule has 0 amide bonds. The van der Waals surface area contributed by atoms with E-state index in [1.165, 1.54) is 12.1 Å².